The molecule has 4 N–H and O–H groups in total. The molecule has 0 aliphatic rings. The van der Waals surface area contributed by atoms with Gasteiger partial charge in [0, 0.05) is 17.8 Å². The molecule has 1 unspecified atom stereocenters. The van der Waals surface area contributed by atoms with Crippen molar-refractivity contribution in [1.82, 2.24) is 14.9 Å². The van der Waals surface area contributed by atoms with Crippen LogP contribution in [0.4, 0.5) is 10.1 Å². The highest BCUT2D eigenvalue weighted by atomic mass is 32.2. The molecule has 114 valence electrons. The summed E-state index contributed by atoms with van der Waals surface area (Å²) in [6, 6.07) is 1.48. The first kappa shape index (κ1) is 15.3. The van der Waals surface area contributed by atoms with E-state index in [1.54, 1.807) is 13.1 Å². The summed E-state index contributed by atoms with van der Waals surface area (Å²) in [5, 5.41) is 6.33. The standard InChI is InChI=1S/C12H15FN4O3S/c1-7(8-5-15-16-6-8)17-21(18,19)9-3-10(13)12(20-2)11(14)4-9/h3-7,17H,14H2,1-2H3,(H,15,16). The zero-order valence-corrected chi connectivity index (χ0v) is 12.2. The molecule has 7 nitrogen and oxygen atoms in total. The number of nitrogens with two attached hydrogens (primary N) is 1. The van der Waals surface area contributed by atoms with Crippen LogP contribution in [-0.4, -0.2) is 25.7 Å². The second-order valence-electron chi connectivity index (χ2n) is 4.40. The van der Waals surface area contributed by atoms with E-state index in [-0.39, 0.29) is 16.3 Å². The number of nitrogens with zero attached hydrogens (tertiary/aromatic N) is 1. The van der Waals surface area contributed by atoms with Gasteiger partial charge < -0.3 is 10.5 Å². The fourth-order valence-corrected chi connectivity index (χ4v) is 3.10. The number of H-pyrrole nitrogens is 1. The van der Waals surface area contributed by atoms with Gasteiger partial charge in [-0.3, -0.25) is 5.10 Å². The summed E-state index contributed by atoms with van der Waals surface area (Å²) in [5.74, 6) is -1.02. The number of aromatic nitrogens is 2. The molecule has 0 aliphatic carbocycles. The minimum Gasteiger partial charge on any atom is -0.492 e. The molecule has 0 saturated heterocycles. The summed E-state index contributed by atoms with van der Waals surface area (Å²) >= 11 is 0. The first-order valence-electron chi connectivity index (χ1n) is 5.99. The highest BCUT2D eigenvalue weighted by molar-refractivity contribution is 7.89. The van der Waals surface area contributed by atoms with Gasteiger partial charge in [-0.25, -0.2) is 17.5 Å². The minimum atomic E-state index is -3.92. The summed E-state index contributed by atoms with van der Waals surface area (Å²) < 4.78 is 45.4. The molecule has 0 aliphatic heterocycles. The molecule has 21 heavy (non-hydrogen) atoms. The summed E-state index contributed by atoms with van der Waals surface area (Å²) in [7, 11) is -2.67. The number of benzene rings is 1. The van der Waals surface area contributed by atoms with E-state index in [1.807, 2.05) is 0 Å². The van der Waals surface area contributed by atoms with Crippen molar-refractivity contribution in [3.05, 3.63) is 35.9 Å². The Morgan fingerprint density at radius 3 is 2.71 bits per heavy atom. The second kappa shape index (κ2) is 5.70. The molecule has 1 aromatic carbocycles. The van der Waals surface area contributed by atoms with Crippen LogP contribution in [0.25, 0.3) is 0 Å². The van der Waals surface area contributed by atoms with E-state index in [9.17, 15) is 12.8 Å². The molecule has 1 aromatic heterocycles. The number of ether oxygens (including phenoxy) is 1. The maximum Gasteiger partial charge on any atom is 0.241 e. The number of nitrogens with one attached hydrogen (secondary N) is 2. The number of aromatic amines is 1. The van der Waals surface area contributed by atoms with E-state index >= 15 is 0 Å². The van der Waals surface area contributed by atoms with Crippen molar-refractivity contribution >= 4 is 15.7 Å². The zero-order chi connectivity index (χ0) is 15.6. The van der Waals surface area contributed by atoms with E-state index in [2.05, 4.69) is 14.9 Å². The topological polar surface area (TPSA) is 110 Å². The fraction of sp³-hybridized carbons (Fsp3) is 0.250. The number of hydrogen-bond donors (Lipinski definition) is 3. The highest BCUT2D eigenvalue weighted by Gasteiger charge is 2.22. The average Bonchev–Trinajstić information content (AvgIpc) is 2.91. The van der Waals surface area contributed by atoms with Gasteiger partial charge in [-0.2, -0.15) is 5.10 Å². The molecule has 0 radical (unpaired) electrons. The lowest BCUT2D eigenvalue weighted by atomic mass is 10.2. The van der Waals surface area contributed by atoms with Gasteiger partial charge in [-0.1, -0.05) is 0 Å². The monoisotopic (exact) mass is 314 g/mol. The van der Waals surface area contributed by atoms with Crippen molar-refractivity contribution in [3.8, 4) is 5.75 Å². The molecule has 1 heterocycles. The van der Waals surface area contributed by atoms with Crippen LogP contribution in [0.2, 0.25) is 0 Å². The average molecular weight is 314 g/mol. The molecular formula is C12H15FN4O3S. The van der Waals surface area contributed by atoms with Gasteiger partial charge in [0.15, 0.2) is 11.6 Å². The molecule has 0 fully saturated rings. The Morgan fingerprint density at radius 2 is 2.19 bits per heavy atom. The molecule has 2 rings (SSSR count). The molecule has 0 saturated carbocycles. The lowest BCUT2D eigenvalue weighted by Crippen LogP contribution is -2.27. The smallest absolute Gasteiger partial charge is 0.241 e. The van der Waals surface area contributed by atoms with Crippen LogP contribution >= 0.6 is 0 Å². The van der Waals surface area contributed by atoms with Crippen LogP contribution < -0.4 is 15.2 Å². The molecule has 1 atom stereocenters. The SMILES string of the molecule is COc1c(N)cc(S(=O)(=O)NC(C)c2cn[nH]c2)cc1F. The zero-order valence-electron chi connectivity index (χ0n) is 11.4. The normalized spacial score (nSPS) is 13.1. The van der Waals surface area contributed by atoms with Crippen molar-refractivity contribution in [2.24, 2.45) is 0 Å². The first-order valence-corrected chi connectivity index (χ1v) is 7.47. The van der Waals surface area contributed by atoms with Crippen molar-refractivity contribution < 1.29 is 17.5 Å². The van der Waals surface area contributed by atoms with Crippen molar-refractivity contribution in [2.45, 2.75) is 17.9 Å². The molecular weight excluding hydrogens is 299 g/mol. The van der Waals surface area contributed by atoms with Crippen molar-refractivity contribution in [1.29, 1.82) is 0 Å². The minimum absolute atomic E-state index is 0.0890. The lowest BCUT2D eigenvalue weighted by molar-refractivity contribution is 0.388. The van der Waals surface area contributed by atoms with Crippen LogP contribution in [0.1, 0.15) is 18.5 Å². The van der Waals surface area contributed by atoms with Crippen LogP contribution in [0.5, 0.6) is 5.75 Å². The Kier molecular flexibility index (Phi) is 4.14. The lowest BCUT2D eigenvalue weighted by Gasteiger charge is -2.14. The van der Waals surface area contributed by atoms with Gasteiger partial charge in [0.1, 0.15) is 0 Å². The highest BCUT2D eigenvalue weighted by Crippen LogP contribution is 2.29. The Morgan fingerprint density at radius 1 is 1.48 bits per heavy atom. The van der Waals surface area contributed by atoms with Crippen LogP contribution in [-0.2, 0) is 10.0 Å². The summed E-state index contributed by atoms with van der Waals surface area (Å²) in [4.78, 5) is -0.270. The van der Waals surface area contributed by atoms with Crippen molar-refractivity contribution in [2.75, 3.05) is 12.8 Å². The number of rotatable bonds is 5. The van der Waals surface area contributed by atoms with Gasteiger partial charge in [0.25, 0.3) is 0 Å². The van der Waals surface area contributed by atoms with E-state index in [4.69, 9.17) is 10.5 Å². The predicted molar refractivity (Wildman–Crippen MR) is 74.7 cm³/mol. The van der Waals surface area contributed by atoms with Crippen LogP contribution in [0.3, 0.4) is 0 Å². The number of nitrogen functional groups attached to an aromatic ring is 1. The third kappa shape index (κ3) is 3.14. The number of anilines is 1. The third-order valence-corrected chi connectivity index (χ3v) is 4.43. The first-order chi connectivity index (χ1) is 9.85. The van der Waals surface area contributed by atoms with E-state index < -0.39 is 21.9 Å². The van der Waals surface area contributed by atoms with E-state index in [1.165, 1.54) is 13.3 Å². The predicted octanol–water partition coefficient (Wildman–Crippen LogP) is 1.18. The molecule has 0 spiro atoms. The van der Waals surface area contributed by atoms with E-state index in [0.29, 0.717) is 5.56 Å². The molecule has 0 bridgehead atoms. The number of methoxy groups -OCH3 is 1. The Hall–Kier alpha value is -2.13. The summed E-state index contributed by atoms with van der Waals surface area (Å²) in [6.45, 7) is 1.64. The van der Waals surface area contributed by atoms with E-state index in [0.717, 1.165) is 12.1 Å². The maximum atomic E-state index is 13.7. The number of halogens is 1. The van der Waals surface area contributed by atoms with Crippen LogP contribution in [0.15, 0.2) is 29.4 Å². The molecule has 9 heteroatoms. The summed E-state index contributed by atoms with van der Waals surface area (Å²) in [6.07, 6.45) is 3.06. The quantitative estimate of drug-likeness (QED) is 0.718. The van der Waals surface area contributed by atoms with Gasteiger partial charge >= 0.3 is 0 Å². The molecule has 0 amide bonds. The Labute approximate surface area is 121 Å². The number of sulfonamides is 1. The van der Waals surface area contributed by atoms with Crippen molar-refractivity contribution in [3.63, 3.8) is 0 Å². The largest absolute Gasteiger partial charge is 0.492 e. The van der Waals surface area contributed by atoms with Gasteiger partial charge in [0.05, 0.1) is 23.9 Å². The number of hydrogen-bond acceptors (Lipinski definition) is 5. The summed E-state index contributed by atoms with van der Waals surface area (Å²) in [5.41, 5.74) is 6.15. The Bertz CT molecular complexity index is 708. The van der Waals surface area contributed by atoms with Gasteiger partial charge in [0.2, 0.25) is 10.0 Å². The Balaban J connectivity index is 2.32. The third-order valence-electron chi connectivity index (χ3n) is 2.91. The van der Waals surface area contributed by atoms with Gasteiger partial charge in [-0.05, 0) is 19.1 Å². The van der Waals surface area contributed by atoms with Crippen LogP contribution in [0, 0.1) is 5.82 Å². The maximum absolute atomic E-state index is 13.7. The molecule has 2 aromatic rings. The second-order valence-corrected chi connectivity index (χ2v) is 6.12. The fourth-order valence-electron chi connectivity index (χ4n) is 1.83. The van der Waals surface area contributed by atoms with Gasteiger partial charge in [-0.15, -0.1) is 0 Å².